The first-order valence-corrected chi connectivity index (χ1v) is 8.67. The Morgan fingerprint density at radius 2 is 1.83 bits per heavy atom. The number of alkyl halides is 3. The van der Waals surface area contributed by atoms with Crippen molar-refractivity contribution in [2.75, 3.05) is 20.2 Å². The zero-order valence-corrected chi connectivity index (χ0v) is 15.8. The van der Waals surface area contributed by atoms with Gasteiger partial charge >= 0.3 is 12.1 Å². The van der Waals surface area contributed by atoms with Crippen molar-refractivity contribution >= 4 is 11.9 Å². The molecule has 162 valence electrons. The van der Waals surface area contributed by atoms with E-state index in [1.54, 1.807) is 12.0 Å². The van der Waals surface area contributed by atoms with E-state index in [2.05, 4.69) is 15.0 Å². The molecule has 12 heteroatoms. The van der Waals surface area contributed by atoms with Crippen LogP contribution in [0.1, 0.15) is 17.0 Å². The van der Waals surface area contributed by atoms with Crippen molar-refractivity contribution in [2.45, 2.75) is 25.4 Å². The van der Waals surface area contributed by atoms with Crippen LogP contribution in [0.5, 0.6) is 5.88 Å². The minimum atomic E-state index is -5.08. The molecule has 0 radical (unpaired) electrons. The van der Waals surface area contributed by atoms with Gasteiger partial charge in [-0.3, -0.25) is 9.78 Å². The maximum atomic E-state index is 12.9. The van der Waals surface area contributed by atoms with E-state index in [1.807, 2.05) is 0 Å². The Labute approximate surface area is 168 Å². The second-order valence-corrected chi connectivity index (χ2v) is 6.14. The van der Waals surface area contributed by atoms with Crippen LogP contribution in [0.25, 0.3) is 0 Å². The summed E-state index contributed by atoms with van der Waals surface area (Å²) in [6, 6.07) is 2.85. The number of rotatable bonds is 3. The van der Waals surface area contributed by atoms with Gasteiger partial charge in [0.15, 0.2) is 0 Å². The fraction of sp³-hybridized carbons (Fsp3) is 0.389. The van der Waals surface area contributed by atoms with Crippen molar-refractivity contribution in [3.8, 4) is 5.88 Å². The lowest BCUT2D eigenvalue weighted by Crippen LogP contribution is -2.34. The second kappa shape index (κ2) is 9.94. The average molecular weight is 430 g/mol. The summed E-state index contributed by atoms with van der Waals surface area (Å²) in [6.45, 7) is 1.17. The third-order valence-corrected chi connectivity index (χ3v) is 4.15. The van der Waals surface area contributed by atoms with Crippen molar-refractivity contribution in [3.63, 3.8) is 0 Å². The number of pyridine rings is 1. The molecule has 0 atom stereocenters. The maximum Gasteiger partial charge on any atom is 0.490 e. The minimum absolute atomic E-state index is 0.0242. The maximum absolute atomic E-state index is 12.9. The molecule has 30 heavy (non-hydrogen) atoms. The standard InChI is InChI=1S/C16H17FN4O2.C2HF3O2/c1-23-16-13-4-6-21(7-5-14(13)19-10-20-16)15(22)8-12-3-2-11(17)9-18-12;3-2(4,5)1(6)7/h2-3,9-10H,4-8H2,1H3;(H,6,7). The molecule has 1 N–H and O–H groups in total. The minimum Gasteiger partial charge on any atom is -0.481 e. The van der Waals surface area contributed by atoms with E-state index in [0.29, 0.717) is 37.5 Å². The smallest absolute Gasteiger partial charge is 0.481 e. The number of hydrogen-bond acceptors (Lipinski definition) is 6. The van der Waals surface area contributed by atoms with Crippen LogP contribution in [0, 0.1) is 5.82 Å². The average Bonchev–Trinajstić information content (AvgIpc) is 2.92. The Balaban J connectivity index is 0.000000396. The number of aromatic nitrogens is 3. The molecule has 1 amide bonds. The van der Waals surface area contributed by atoms with Gasteiger partial charge < -0.3 is 14.7 Å². The zero-order valence-electron chi connectivity index (χ0n) is 15.8. The summed E-state index contributed by atoms with van der Waals surface area (Å²) in [5.74, 6) is -2.61. The second-order valence-electron chi connectivity index (χ2n) is 6.14. The van der Waals surface area contributed by atoms with Crippen molar-refractivity contribution < 1.29 is 37.0 Å². The normalized spacial score (nSPS) is 13.4. The summed E-state index contributed by atoms with van der Waals surface area (Å²) < 4.78 is 49.9. The molecule has 0 saturated heterocycles. The van der Waals surface area contributed by atoms with Crippen LogP contribution in [-0.2, 0) is 28.9 Å². The molecule has 0 unspecified atom stereocenters. The van der Waals surface area contributed by atoms with Gasteiger partial charge in [-0.15, -0.1) is 0 Å². The van der Waals surface area contributed by atoms with Crippen molar-refractivity contribution in [3.05, 3.63) is 47.4 Å². The lowest BCUT2D eigenvalue weighted by molar-refractivity contribution is -0.192. The summed E-state index contributed by atoms with van der Waals surface area (Å²) in [5.41, 5.74) is 2.45. The largest absolute Gasteiger partial charge is 0.490 e. The number of nitrogens with zero attached hydrogens (tertiary/aromatic N) is 4. The number of carbonyl (C=O) groups excluding carboxylic acids is 1. The highest BCUT2D eigenvalue weighted by atomic mass is 19.4. The summed E-state index contributed by atoms with van der Waals surface area (Å²) in [6.07, 6.45) is -0.989. The fourth-order valence-electron chi connectivity index (χ4n) is 2.70. The Morgan fingerprint density at radius 1 is 1.17 bits per heavy atom. The van der Waals surface area contributed by atoms with E-state index in [0.717, 1.165) is 17.5 Å². The van der Waals surface area contributed by atoms with Crippen LogP contribution >= 0.6 is 0 Å². The number of ether oxygens (including phenoxy) is 1. The highest BCUT2D eigenvalue weighted by Crippen LogP contribution is 2.22. The van der Waals surface area contributed by atoms with Gasteiger partial charge in [-0.05, 0) is 18.6 Å². The molecule has 0 saturated carbocycles. The van der Waals surface area contributed by atoms with Gasteiger partial charge in [0.1, 0.15) is 12.1 Å². The number of halogens is 4. The number of aliphatic carboxylic acids is 1. The number of carboxylic acids is 1. The number of carboxylic acid groups (broad SMARTS) is 1. The van der Waals surface area contributed by atoms with Crippen LogP contribution in [0.4, 0.5) is 17.6 Å². The molecule has 0 spiro atoms. The summed E-state index contributed by atoms with van der Waals surface area (Å²) in [5, 5.41) is 7.12. The molecule has 2 aromatic rings. The van der Waals surface area contributed by atoms with Crippen LogP contribution in [0.15, 0.2) is 24.7 Å². The van der Waals surface area contributed by atoms with Gasteiger partial charge in [0.05, 0.1) is 25.4 Å². The third kappa shape index (κ3) is 6.36. The number of carbonyl (C=O) groups is 2. The molecule has 8 nitrogen and oxygen atoms in total. The van der Waals surface area contributed by atoms with Gasteiger partial charge in [-0.2, -0.15) is 13.2 Å². The van der Waals surface area contributed by atoms with Gasteiger partial charge in [-0.25, -0.2) is 19.2 Å². The topological polar surface area (TPSA) is 106 Å². The summed E-state index contributed by atoms with van der Waals surface area (Å²) in [4.78, 5) is 35.5. The van der Waals surface area contributed by atoms with E-state index >= 15 is 0 Å². The molecule has 3 heterocycles. The van der Waals surface area contributed by atoms with Crippen LogP contribution in [0.3, 0.4) is 0 Å². The number of methoxy groups -OCH3 is 1. The lowest BCUT2D eigenvalue weighted by atomic mass is 10.1. The number of amides is 1. The van der Waals surface area contributed by atoms with Gasteiger partial charge in [-0.1, -0.05) is 0 Å². The molecule has 0 aliphatic carbocycles. The lowest BCUT2D eigenvalue weighted by Gasteiger charge is -2.19. The molecule has 1 aliphatic rings. The Kier molecular flexibility index (Phi) is 7.61. The first kappa shape index (κ1) is 23.0. The third-order valence-electron chi connectivity index (χ3n) is 4.15. The van der Waals surface area contributed by atoms with Crippen LogP contribution in [-0.4, -0.2) is 63.2 Å². The number of fused-ring (bicyclic) bond motifs is 1. The molecule has 0 bridgehead atoms. The molecule has 0 aromatic carbocycles. The SMILES string of the molecule is COc1ncnc2c1CCN(C(=O)Cc1ccc(F)cn1)CC2.O=C(O)C(F)(F)F. The van der Waals surface area contributed by atoms with E-state index in [4.69, 9.17) is 14.6 Å². The first-order chi connectivity index (χ1) is 14.1. The van der Waals surface area contributed by atoms with Crippen LogP contribution in [0.2, 0.25) is 0 Å². The predicted molar refractivity (Wildman–Crippen MR) is 94.2 cm³/mol. The van der Waals surface area contributed by atoms with E-state index in [-0.39, 0.29) is 12.3 Å². The van der Waals surface area contributed by atoms with E-state index < -0.39 is 18.0 Å². The molecule has 1 aliphatic heterocycles. The molecular formula is C18H18F4N4O4. The molecule has 2 aromatic heterocycles. The predicted octanol–water partition coefficient (Wildman–Crippen LogP) is 1.82. The van der Waals surface area contributed by atoms with Crippen molar-refractivity contribution in [1.29, 1.82) is 0 Å². The monoisotopic (exact) mass is 430 g/mol. The van der Waals surface area contributed by atoms with Gasteiger partial charge in [0.25, 0.3) is 0 Å². The van der Waals surface area contributed by atoms with E-state index in [9.17, 15) is 22.4 Å². The number of hydrogen-bond donors (Lipinski definition) is 1. The fourth-order valence-corrected chi connectivity index (χ4v) is 2.70. The first-order valence-electron chi connectivity index (χ1n) is 8.67. The Bertz CT molecular complexity index is 891. The molecule has 0 fully saturated rings. The summed E-state index contributed by atoms with van der Waals surface area (Å²) >= 11 is 0. The van der Waals surface area contributed by atoms with Gasteiger partial charge in [0, 0.05) is 30.8 Å². The highest BCUT2D eigenvalue weighted by Gasteiger charge is 2.38. The quantitative estimate of drug-likeness (QED) is 0.741. The van der Waals surface area contributed by atoms with E-state index in [1.165, 1.54) is 18.5 Å². The zero-order chi connectivity index (χ0) is 22.3. The van der Waals surface area contributed by atoms with Gasteiger partial charge in [0.2, 0.25) is 11.8 Å². The summed E-state index contributed by atoms with van der Waals surface area (Å²) in [7, 11) is 1.58. The Hall–Kier alpha value is -3.31. The van der Waals surface area contributed by atoms with Crippen molar-refractivity contribution in [2.24, 2.45) is 0 Å². The molecule has 3 rings (SSSR count). The molecular weight excluding hydrogens is 412 g/mol. The Morgan fingerprint density at radius 3 is 2.40 bits per heavy atom. The highest BCUT2D eigenvalue weighted by molar-refractivity contribution is 5.78. The van der Waals surface area contributed by atoms with Crippen LogP contribution < -0.4 is 4.74 Å². The van der Waals surface area contributed by atoms with Crippen molar-refractivity contribution in [1.82, 2.24) is 19.9 Å².